The van der Waals surface area contributed by atoms with Crippen LogP contribution in [0.4, 0.5) is 5.69 Å². The van der Waals surface area contributed by atoms with Crippen LogP contribution in [-0.2, 0) is 6.42 Å². The topological polar surface area (TPSA) is 41.1 Å². The molecule has 0 saturated carbocycles. The Bertz CT molecular complexity index is 605. The molecule has 2 aromatic carbocycles. The summed E-state index contributed by atoms with van der Waals surface area (Å²) in [4.78, 5) is 12.3. The van der Waals surface area contributed by atoms with Gasteiger partial charge in [-0.3, -0.25) is 4.79 Å². The largest absolute Gasteiger partial charge is 0.322 e. The molecule has 3 nitrogen and oxygen atoms in total. The molecule has 0 fully saturated rings. The number of rotatable bonds is 5. The van der Waals surface area contributed by atoms with E-state index in [2.05, 4.69) is 24.5 Å². The highest BCUT2D eigenvalue weighted by Crippen LogP contribution is 2.17. The molecule has 0 saturated heterocycles. The van der Waals surface area contributed by atoms with Gasteiger partial charge in [-0.05, 0) is 49.7 Å². The summed E-state index contributed by atoms with van der Waals surface area (Å²) in [5, 5.41) is 6.15. The molecule has 2 aromatic rings. The molecule has 2 N–H and O–H groups in total. The second-order valence-corrected chi connectivity index (χ2v) is 5.10. The van der Waals surface area contributed by atoms with E-state index in [4.69, 9.17) is 0 Å². The minimum absolute atomic E-state index is 0.0538. The van der Waals surface area contributed by atoms with Gasteiger partial charge in [-0.25, -0.2) is 0 Å². The molecule has 0 aromatic heterocycles. The Labute approximate surface area is 126 Å². The first-order valence-electron chi connectivity index (χ1n) is 7.32. The van der Waals surface area contributed by atoms with Crippen molar-refractivity contribution >= 4 is 11.6 Å². The molecule has 1 atom stereocenters. The fraction of sp³-hybridized carbons (Fsp3) is 0.278. The van der Waals surface area contributed by atoms with Gasteiger partial charge in [0.1, 0.15) is 0 Å². The Morgan fingerprint density at radius 3 is 2.38 bits per heavy atom. The zero-order valence-corrected chi connectivity index (χ0v) is 12.8. The normalized spacial score (nSPS) is 12.0. The second kappa shape index (κ2) is 7.04. The lowest BCUT2D eigenvalue weighted by molar-refractivity contribution is 0.102. The molecule has 0 aliphatic carbocycles. The monoisotopic (exact) mass is 282 g/mol. The van der Waals surface area contributed by atoms with E-state index in [0.717, 1.165) is 23.2 Å². The van der Waals surface area contributed by atoms with Crippen molar-refractivity contribution in [1.29, 1.82) is 0 Å². The number of hydrogen-bond acceptors (Lipinski definition) is 2. The predicted molar refractivity (Wildman–Crippen MR) is 87.7 cm³/mol. The molecule has 1 unspecified atom stereocenters. The van der Waals surface area contributed by atoms with Crippen LogP contribution in [0.5, 0.6) is 0 Å². The predicted octanol–water partition coefficient (Wildman–Crippen LogP) is 3.78. The first-order chi connectivity index (χ1) is 10.2. The Balaban J connectivity index is 2.12. The second-order valence-electron chi connectivity index (χ2n) is 5.10. The highest BCUT2D eigenvalue weighted by Gasteiger charge is 2.10. The average molecular weight is 282 g/mol. The lowest BCUT2D eigenvalue weighted by Gasteiger charge is -2.12. The van der Waals surface area contributed by atoms with Crippen LogP contribution in [0.1, 0.15) is 41.4 Å². The molecule has 0 radical (unpaired) electrons. The molecule has 0 spiro atoms. The van der Waals surface area contributed by atoms with Crippen molar-refractivity contribution in [3.8, 4) is 0 Å². The smallest absolute Gasteiger partial charge is 0.255 e. The van der Waals surface area contributed by atoms with E-state index in [1.54, 1.807) is 0 Å². The van der Waals surface area contributed by atoms with E-state index >= 15 is 0 Å². The van der Waals surface area contributed by atoms with Crippen LogP contribution in [0, 0.1) is 0 Å². The molecule has 3 heteroatoms. The van der Waals surface area contributed by atoms with Gasteiger partial charge in [-0.1, -0.05) is 37.3 Å². The van der Waals surface area contributed by atoms with Crippen molar-refractivity contribution in [3.05, 3.63) is 65.2 Å². The molecular formula is C18H22N2O. The van der Waals surface area contributed by atoms with E-state index in [1.165, 1.54) is 5.56 Å². The van der Waals surface area contributed by atoms with E-state index in [0.29, 0.717) is 6.04 Å². The van der Waals surface area contributed by atoms with E-state index < -0.39 is 0 Å². The average Bonchev–Trinajstić information content (AvgIpc) is 2.54. The van der Waals surface area contributed by atoms with Gasteiger partial charge in [0.05, 0.1) is 0 Å². The molecule has 0 heterocycles. The molecular weight excluding hydrogens is 260 g/mol. The maximum atomic E-state index is 12.3. The van der Waals surface area contributed by atoms with Crippen molar-refractivity contribution < 1.29 is 4.79 Å². The number of nitrogens with one attached hydrogen (secondary N) is 2. The van der Waals surface area contributed by atoms with Crippen molar-refractivity contribution in [2.75, 3.05) is 12.4 Å². The molecule has 2 rings (SSSR count). The van der Waals surface area contributed by atoms with Crippen LogP contribution >= 0.6 is 0 Å². The van der Waals surface area contributed by atoms with Crippen molar-refractivity contribution in [3.63, 3.8) is 0 Å². The third kappa shape index (κ3) is 3.70. The summed E-state index contributed by atoms with van der Waals surface area (Å²) in [5.74, 6) is -0.0538. The van der Waals surface area contributed by atoms with Gasteiger partial charge in [0.25, 0.3) is 5.91 Å². The number of anilines is 1. The molecule has 0 bridgehead atoms. The Hall–Kier alpha value is -2.13. The number of aryl methyl sites for hydroxylation is 1. The summed E-state index contributed by atoms with van der Waals surface area (Å²) in [5.41, 5.74) is 3.82. The minimum atomic E-state index is -0.0538. The standard InChI is InChI=1S/C18H22N2O/c1-4-14-7-5-6-8-17(14)18(21)20-16-11-9-15(10-12-16)13(2)19-3/h5-13,19H,4H2,1-3H3,(H,20,21). The summed E-state index contributed by atoms with van der Waals surface area (Å²) >= 11 is 0. The zero-order valence-electron chi connectivity index (χ0n) is 12.8. The van der Waals surface area contributed by atoms with E-state index in [1.807, 2.05) is 55.6 Å². The van der Waals surface area contributed by atoms with Crippen LogP contribution in [0.15, 0.2) is 48.5 Å². The first kappa shape index (κ1) is 15.3. The number of hydrogen-bond donors (Lipinski definition) is 2. The summed E-state index contributed by atoms with van der Waals surface area (Å²) in [6.45, 7) is 4.16. The third-order valence-electron chi connectivity index (χ3n) is 3.74. The zero-order chi connectivity index (χ0) is 15.2. The Morgan fingerprint density at radius 1 is 1.10 bits per heavy atom. The van der Waals surface area contributed by atoms with Crippen LogP contribution in [0.3, 0.4) is 0 Å². The lowest BCUT2D eigenvalue weighted by atomic mass is 10.0. The Kier molecular flexibility index (Phi) is 5.12. The molecule has 1 amide bonds. The third-order valence-corrected chi connectivity index (χ3v) is 3.74. The van der Waals surface area contributed by atoms with Crippen LogP contribution < -0.4 is 10.6 Å². The van der Waals surface area contributed by atoms with Gasteiger partial charge < -0.3 is 10.6 Å². The van der Waals surface area contributed by atoms with Crippen molar-refractivity contribution in [1.82, 2.24) is 5.32 Å². The lowest BCUT2D eigenvalue weighted by Crippen LogP contribution is -2.15. The summed E-state index contributed by atoms with van der Waals surface area (Å²) in [7, 11) is 1.93. The molecule has 21 heavy (non-hydrogen) atoms. The number of benzene rings is 2. The summed E-state index contributed by atoms with van der Waals surface area (Å²) in [6, 6.07) is 16.0. The van der Waals surface area contributed by atoms with Gasteiger partial charge in [-0.2, -0.15) is 0 Å². The summed E-state index contributed by atoms with van der Waals surface area (Å²) in [6.07, 6.45) is 0.849. The van der Waals surface area contributed by atoms with Crippen LogP contribution in [-0.4, -0.2) is 13.0 Å². The van der Waals surface area contributed by atoms with Gasteiger partial charge in [0.2, 0.25) is 0 Å². The molecule has 0 aliphatic heterocycles. The fourth-order valence-corrected chi connectivity index (χ4v) is 2.27. The van der Waals surface area contributed by atoms with Gasteiger partial charge >= 0.3 is 0 Å². The number of carbonyl (C=O) groups excluding carboxylic acids is 1. The van der Waals surface area contributed by atoms with Gasteiger partial charge in [-0.15, -0.1) is 0 Å². The molecule has 0 aliphatic rings. The number of carbonyl (C=O) groups is 1. The maximum Gasteiger partial charge on any atom is 0.255 e. The van der Waals surface area contributed by atoms with Crippen LogP contribution in [0.2, 0.25) is 0 Å². The van der Waals surface area contributed by atoms with Gasteiger partial charge in [0, 0.05) is 17.3 Å². The first-order valence-corrected chi connectivity index (χ1v) is 7.32. The minimum Gasteiger partial charge on any atom is -0.322 e. The van der Waals surface area contributed by atoms with Crippen molar-refractivity contribution in [2.24, 2.45) is 0 Å². The fourth-order valence-electron chi connectivity index (χ4n) is 2.27. The Morgan fingerprint density at radius 2 is 1.76 bits per heavy atom. The SMILES string of the molecule is CCc1ccccc1C(=O)Nc1ccc(C(C)NC)cc1. The van der Waals surface area contributed by atoms with Gasteiger partial charge in [0.15, 0.2) is 0 Å². The maximum absolute atomic E-state index is 12.3. The highest BCUT2D eigenvalue weighted by molar-refractivity contribution is 6.05. The van der Waals surface area contributed by atoms with E-state index in [-0.39, 0.29) is 5.91 Å². The highest BCUT2D eigenvalue weighted by atomic mass is 16.1. The quantitative estimate of drug-likeness (QED) is 0.876. The van der Waals surface area contributed by atoms with E-state index in [9.17, 15) is 4.79 Å². The number of amides is 1. The van der Waals surface area contributed by atoms with Crippen LogP contribution in [0.25, 0.3) is 0 Å². The van der Waals surface area contributed by atoms with Crippen molar-refractivity contribution in [2.45, 2.75) is 26.3 Å². The molecule has 110 valence electrons. The summed E-state index contributed by atoms with van der Waals surface area (Å²) < 4.78 is 0.